The zero-order valence-corrected chi connectivity index (χ0v) is 20.7. The molecule has 9 heteroatoms. The highest BCUT2D eigenvalue weighted by atomic mass is 16.6. The zero-order chi connectivity index (χ0) is 26.5. The maximum Gasteiger partial charge on any atom is 0.421 e. The van der Waals surface area contributed by atoms with E-state index < -0.39 is 51.9 Å². The van der Waals surface area contributed by atoms with Crippen molar-refractivity contribution >= 4 is 17.7 Å². The molecule has 1 saturated carbocycles. The highest BCUT2D eigenvalue weighted by Crippen LogP contribution is 2.60. The summed E-state index contributed by atoms with van der Waals surface area (Å²) >= 11 is 0. The minimum Gasteiger partial charge on any atom is -0.469 e. The first-order chi connectivity index (χ1) is 17.6. The number of para-hydroxylation sites is 1. The smallest absolute Gasteiger partial charge is 0.421 e. The van der Waals surface area contributed by atoms with Crippen LogP contribution in [0.1, 0.15) is 55.9 Å². The van der Waals surface area contributed by atoms with Crippen molar-refractivity contribution < 1.29 is 28.8 Å². The minimum atomic E-state index is -1.80. The van der Waals surface area contributed by atoms with Crippen LogP contribution in [0.25, 0.3) is 0 Å². The number of aliphatic hydroxyl groups is 1. The van der Waals surface area contributed by atoms with Crippen LogP contribution in [-0.2, 0) is 14.9 Å². The Morgan fingerprint density at radius 1 is 1.11 bits per heavy atom. The van der Waals surface area contributed by atoms with Crippen molar-refractivity contribution in [3.8, 4) is 0 Å². The summed E-state index contributed by atoms with van der Waals surface area (Å²) < 4.78 is 11.1. The summed E-state index contributed by atoms with van der Waals surface area (Å²) in [7, 11) is 0. The number of carbonyl (C=O) groups excluding carboxylic acids is 2. The van der Waals surface area contributed by atoms with Gasteiger partial charge in [0.15, 0.2) is 0 Å². The molecule has 1 aliphatic carbocycles. The highest BCUT2D eigenvalue weighted by molar-refractivity contribution is 6.22. The van der Waals surface area contributed by atoms with E-state index in [-0.39, 0.29) is 12.1 Å². The number of furan rings is 1. The number of benzene rings is 2. The molecule has 0 saturated heterocycles. The van der Waals surface area contributed by atoms with Gasteiger partial charge in [-0.1, -0.05) is 48.5 Å². The van der Waals surface area contributed by atoms with Crippen molar-refractivity contribution in [1.82, 2.24) is 0 Å². The summed E-state index contributed by atoms with van der Waals surface area (Å²) in [6.45, 7) is 5.06. The van der Waals surface area contributed by atoms with Crippen LogP contribution in [0.5, 0.6) is 0 Å². The fourth-order valence-electron chi connectivity index (χ4n) is 5.99. The number of imide groups is 1. The third-order valence-corrected chi connectivity index (χ3v) is 7.28. The molecule has 2 amide bonds. The molecule has 1 N–H and O–H groups in total. The van der Waals surface area contributed by atoms with Gasteiger partial charge in [-0.15, -0.1) is 0 Å². The summed E-state index contributed by atoms with van der Waals surface area (Å²) in [5, 5.41) is 24.6. The summed E-state index contributed by atoms with van der Waals surface area (Å²) in [4.78, 5) is 41.1. The summed E-state index contributed by atoms with van der Waals surface area (Å²) in [5.74, 6) is -2.29. The van der Waals surface area contributed by atoms with Gasteiger partial charge in [-0.3, -0.25) is 14.9 Å². The average molecular weight is 505 g/mol. The summed E-state index contributed by atoms with van der Waals surface area (Å²) in [6, 6.07) is 17.3. The van der Waals surface area contributed by atoms with E-state index in [9.17, 15) is 24.8 Å². The molecule has 1 fully saturated rings. The molecule has 1 aromatic heterocycles. The predicted octanol–water partition coefficient (Wildman–Crippen LogP) is 4.78. The molecule has 1 aliphatic heterocycles. The van der Waals surface area contributed by atoms with Gasteiger partial charge in [0.1, 0.15) is 16.8 Å². The van der Waals surface area contributed by atoms with Crippen LogP contribution in [0.4, 0.5) is 10.5 Å². The Morgan fingerprint density at radius 2 is 1.78 bits per heavy atom. The van der Waals surface area contributed by atoms with E-state index in [1.807, 2.05) is 0 Å². The number of amides is 2. The molecule has 3 aromatic rings. The molecular weight excluding hydrogens is 476 g/mol. The lowest BCUT2D eigenvalue weighted by Gasteiger charge is -2.47. The predicted molar refractivity (Wildman–Crippen MR) is 134 cm³/mol. The Balaban J connectivity index is 1.77. The van der Waals surface area contributed by atoms with Crippen molar-refractivity contribution in [1.29, 1.82) is 0 Å². The van der Waals surface area contributed by atoms with Crippen LogP contribution in [0.15, 0.2) is 77.4 Å². The van der Waals surface area contributed by atoms with Crippen molar-refractivity contribution in [3.05, 3.63) is 100.0 Å². The molecule has 0 unspecified atom stereocenters. The van der Waals surface area contributed by atoms with Crippen molar-refractivity contribution in [2.75, 3.05) is 4.90 Å². The van der Waals surface area contributed by atoms with Gasteiger partial charge in [0.25, 0.3) is 5.91 Å². The fraction of sp³-hybridized carbons (Fsp3) is 0.357. The van der Waals surface area contributed by atoms with E-state index in [0.717, 1.165) is 4.90 Å². The maximum absolute atomic E-state index is 14.4. The van der Waals surface area contributed by atoms with Crippen molar-refractivity contribution in [2.45, 2.75) is 62.2 Å². The fourth-order valence-corrected chi connectivity index (χ4v) is 5.99. The molecule has 2 heterocycles. The lowest BCUT2D eigenvalue weighted by Crippen LogP contribution is -2.62. The first-order valence-electron chi connectivity index (χ1n) is 12.1. The van der Waals surface area contributed by atoms with Gasteiger partial charge in [-0.25, -0.2) is 9.69 Å². The second-order valence-corrected chi connectivity index (χ2v) is 10.5. The third-order valence-electron chi connectivity index (χ3n) is 7.28. The molecule has 1 spiro atoms. The largest absolute Gasteiger partial charge is 0.469 e. The highest BCUT2D eigenvalue weighted by Gasteiger charge is 2.70. The van der Waals surface area contributed by atoms with E-state index in [1.165, 1.54) is 6.26 Å². The Hall–Kier alpha value is -3.98. The van der Waals surface area contributed by atoms with Crippen LogP contribution in [0, 0.1) is 10.1 Å². The van der Waals surface area contributed by atoms with Gasteiger partial charge in [0, 0.05) is 4.92 Å². The van der Waals surface area contributed by atoms with Gasteiger partial charge in [-0.05, 0) is 56.5 Å². The van der Waals surface area contributed by atoms with Gasteiger partial charge in [0.2, 0.25) is 6.04 Å². The molecule has 5 rings (SSSR count). The van der Waals surface area contributed by atoms with Gasteiger partial charge in [-0.2, -0.15) is 0 Å². The molecule has 0 bridgehead atoms. The van der Waals surface area contributed by atoms with Gasteiger partial charge >= 0.3 is 6.09 Å². The van der Waals surface area contributed by atoms with E-state index in [4.69, 9.17) is 9.15 Å². The Labute approximate surface area is 213 Å². The SMILES string of the molecule is CC(C)(C)OC(=O)N1C(=O)[C@@]2(c3ccccc31)[C@@H](O)C[C@@H](c1ccco1)[C@H]([N+](=O)[O-])[C@@H]2c1ccccc1. The molecule has 37 heavy (non-hydrogen) atoms. The molecule has 2 aliphatic rings. The molecule has 2 aromatic carbocycles. The van der Waals surface area contributed by atoms with Gasteiger partial charge < -0.3 is 14.3 Å². The molecule has 192 valence electrons. The first kappa shape index (κ1) is 24.7. The van der Waals surface area contributed by atoms with Crippen LogP contribution < -0.4 is 4.90 Å². The lowest BCUT2D eigenvalue weighted by atomic mass is 9.54. The molecule has 5 atom stereocenters. The Kier molecular flexibility index (Phi) is 5.91. The quantitative estimate of drug-likeness (QED) is 0.402. The lowest BCUT2D eigenvalue weighted by molar-refractivity contribution is -0.537. The van der Waals surface area contributed by atoms with Gasteiger partial charge in [0.05, 0.1) is 29.9 Å². The van der Waals surface area contributed by atoms with Crippen LogP contribution in [0.3, 0.4) is 0 Å². The van der Waals surface area contributed by atoms with Crippen molar-refractivity contribution in [2.24, 2.45) is 0 Å². The first-order valence-corrected chi connectivity index (χ1v) is 12.1. The number of anilines is 1. The average Bonchev–Trinajstić information content (AvgIpc) is 3.46. The maximum atomic E-state index is 14.4. The van der Waals surface area contributed by atoms with E-state index in [1.54, 1.807) is 87.5 Å². The standard InChI is InChI=1S/C28H28N2O7/c1-27(2,3)37-26(33)29-20-13-8-7-12-19(20)28(25(29)32)22(31)16-18(21-14-9-15-36-21)24(30(34)35)23(28)17-10-5-4-6-11-17/h4-15,18,22-24,31H,16H2,1-3H3/t18-,22-,23-,24-,28-/m0/s1. The molecular formula is C28H28N2O7. The number of ether oxygens (including phenoxy) is 1. The van der Waals surface area contributed by atoms with Crippen LogP contribution in [-0.4, -0.2) is 39.8 Å². The number of carbonyl (C=O) groups is 2. The van der Waals surface area contributed by atoms with E-state index in [2.05, 4.69) is 0 Å². The van der Waals surface area contributed by atoms with Crippen molar-refractivity contribution in [3.63, 3.8) is 0 Å². The number of nitrogens with zero attached hydrogens (tertiary/aromatic N) is 2. The number of hydrogen-bond acceptors (Lipinski definition) is 7. The monoisotopic (exact) mass is 504 g/mol. The second-order valence-electron chi connectivity index (χ2n) is 10.5. The van der Waals surface area contributed by atoms with E-state index in [0.29, 0.717) is 16.9 Å². The number of aliphatic hydroxyl groups excluding tert-OH is 1. The third kappa shape index (κ3) is 3.81. The normalized spacial score (nSPS) is 27.2. The molecule has 9 nitrogen and oxygen atoms in total. The van der Waals surface area contributed by atoms with Crippen LogP contribution >= 0.6 is 0 Å². The van der Waals surface area contributed by atoms with Crippen LogP contribution in [0.2, 0.25) is 0 Å². The Morgan fingerprint density at radius 3 is 2.41 bits per heavy atom. The number of hydrogen-bond donors (Lipinski definition) is 1. The number of fused-ring (bicyclic) bond motifs is 2. The molecule has 0 radical (unpaired) electrons. The number of rotatable bonds is 3. The summed E-state index contributed by atoms with van der Waals surface area (Å²) in [5.41, 5.74) is -1.57. The topological polar surface area (TPSA) is 123 Å². The zero-order valence-electron chi connectivity index (χ0n) is 20.7. The Bertz CT molecular complexity index is 1330. The second kappa shape index (κ2) is 8.85. The summed E-state index contributed by atoms with van der Waals surface area (Å²) in [6.07, 6.45) is -0.928. The number of nitro groups is 1. The minimum absolute atomic E-state index is 0.106. The van der Waals surface area contributed by atoms with E-state index >= 15 is 0 Å².